The summed E-state index contributed by atoms with van der Waals surface area (Å²) < 4.78 is 10.6. The molecule has 4 rings (SSSR count). The van der Waals surface area contributed by atoms with E-state index in [0.717, 1.165) is 16.8 Å². The number of hydrazine groups is 1. The Bertz CT molecular complexity index is 1370. The van der Waals surface area contributed by atoms with Crippen LogP contribution in [0.5, 0.6) is 5.75 Å². The monoisotopic (exact) mass is 506 g/mol. The van der Waals surface area contributed by atoms with Crippen molar-refractivity contribution in [3.05, 3.63) is 79.0 Å². The first-order valence-electron chi connectivity index (χ1n) is 8.92. The third-order valence-corrected chi connectivity index (χ3v) is 6.27. The number of ether oxygens (including phenoxy) is 1. The molecule has 1 N–H and O–H groups in total. The second kappa shape index (κ2) is 8.95. The average molecular weight is 507 g/mol. The second-order valence-electron chi connectivity index (χ2n) is 6.47. The topological polar surface area (TPSA) is 88.8 Å². The lowest BCUT2D eigenvalue weighted by molar-refractivity contribution is -0.123. The number of thiocarbonyl (C=S) groups is 1. The summed E-state index contributed by atoms with van der Waals surface area (Å²) in [6, 6.07) is 9.25. The maximum atomic E-state index is 12.8. The molecule has 0 unspecified atom stereocenters. The van der Waals surface area contributed by atoms with Gasteiger partial charge in [-0.25, -0.2) is 0 Å². The Morgan fingerprint density at radius 3 is 2.62 bits per heavy atom. The molecule has 7 nitrogen and oxygen atoms in total. The molecule has 0 aliphatic carbocycles. The summed E-state index contributed by atoms with van der Waals surface area (Å²) in [4.78, 5) is 38.3. The van der Waals surface area contributed by atoms with Gasteiger partial charge in [0, 0.05) is 10.6 Å². The van der Waals surface area contributed by atoms with Crippen molar-refractivity contribution in [1.29, 1.82) is 0 Å². The van der Waals surface area contributed by atoms with Crippen molar-refractivity contribution >= 4 is 80.4 Å². The maximum absolute atomic E-state index is 12.8. The van der Waals surface area contributed by atoms with Crippen LogP contribution in [0.2, 0.25) is 10.0 Å². The molecule has 32 heavy (non-hydrogen) atoms. The van der Waals surface area contributed by atoms with Gasteiger partial charge in [-0.05, 0) is 54.7 Å². The molecule has 0 radical (unpaired) electrons. The third-order valence-electron chi connectivity index (χ3n) is 4.46. The highest BCUT2D eigenvalue weighted by atomic mass is 35.5. The smallest absolute Gasteiger partial charge is 0.285 e. The zero-order valence-corrected chi connectivity index (χ0v) is 19.3. The van der Waals surface area contributed by atoms with Gasteiger partial charge in [0.2, 0.25) is 0 Å². The number of carbonyl (C=O) groups is 2. The first-order chi connectivity index (χ1) is 15.3. The van der Waals surface area contributed by atoms with Crippen molar-refractivity contribution in [2.75, 3.05) is 7.11 Å². The Hall–Kier alpha value is -2.85. The van der Waals surface area contributed by atoms with Crippen LogP contribution >= 0.6 is 47.2 Å². The normalized spacial score (nSPS) is 15.0. The Morgan fingerprint density at radius 1 is 1.22 bits per heavy atom. The Kier molecular flexibility index (Phi) is 6.25. The predicted octanol–water partition coefficient (Wildman–Crippen LogP) is 4.65. The predicted molar refractivity (Wildman–Crippen MR) is 128 cm³/mol. The first kappa shape index (κ1) is 22.3. The molecule has 162 valence electrons. The van der Waals surface area contributed by atoms with Gasteiger partial charge in [-0.2, -0.15) is 5.01 Å². The van der Waals surface area contributed by atoms with E-state index < -0.39 is 17.2 Å². The van der Waals surface area contributed by atoms with Crippen LogP contribution in [0, 0.1) is 0 Å². The van der Waals surface area contributed by atoms with Crippen LogP contribution in [-0.2, 0) is 4.79 Å². The lowest BCUT2D eigenvalue weighted by Gasteiger charge is -2.15. The maximum Gasteiger partial charge on any atom is 0.285 e. The molecule has 1 aliphatic rings. The zero-order chi connectivity index (χ0) is 23.0. The summed E-state index contributed by atoms with van der Waals surface area (Å²) in [6.07, 6.45) is 2.55. The molecule has 1 fully saturated rings. The summed E-state index contributed by atoms with van der Waals surface area (Å²) >= 11 is 18.2. The van der Waals surface area contributed by atoms with Gasteiger partial charge in [0.05, 0.1) is 28.0 Å². The Balaban J connectivity index is 1.60. The van der Waals surface area contributed by atoms with Gasteiger partial charge in [-0.1, -0.05) is 35.0 Å². The standard InChI is InChI=1S/C21H12Cl2N2O5S2/c1-29-13-4-2-10(3-5-13)19(27)24-25-20(28)16(32-21(25)31)6-11-9-30-18-14(17(11)26)7-12(22)8-15(18)23/h2-9H,1H3,(H,24,27)/b16-6-. The molecule has 0 saturated carbocycles. The number of amides is 2. The van der Waals surface area contributed by atoms with E-state index in [0.29, 0.717) is 11.3 Å². The number of hydrogen-bond donors (Lipinski definition) is 1. The molecule has 1 saturated heterocycles. The van der Waals surface area contributed by atoms with Gasteiger partial charge >= 0.3 is 0 Å². The quantitative estimate of drug-likeness (QED) is 0.406. The minimum atomic E-state index is -0.578. The van der Waals surface area contributed by atoms with E-state index in [-0.39, 0.29) is 35.8 Å². The Labute approximate surface area is 200 Å². The number of methoxy groups -OCH3 is 1. The van der Waals surface area contributed by atoms with Crippen molar-refractivity contribution in [2.45, 2.75) is 0 Å². The number of hydrogen-bond acceptors (Lipinski definition) is 7. The fraction of sp³-hybridized carbons (Fsp3) is 0.0476. The Morgan fingerprint density at radius 2 is 1.94 bits per heavy atom. The number of nitrogens with one attached hydrogen (secondary N) is 1. The molecule has 1 aromatic heterocycles. The van der Waals surface area contributed by atoms with Crippen molar-refractivity contribution in [2.24, 2.45) is 0 Å². The van der Waals surface area contributed by atoms with E-state index >= 15 is 0 Å². The summed E-state index contributed by atoms with van der Waals surface area (Å²) in [5.41, 5.74) is 2.67. The van der Waals surface area contributed by atoms with Crippen LogP contribution in [0.15, 0.2) is 56.8 Å². The summed E-state index contributed by atoms with van der Waals surface area (Å²) in [7, 11) is 1.51. The second-order valence-corrected chi connectivity index (χ2v) is 8.99. The molecule has 2 heterocycles. The van der Waals surface area contributed by atoms with E-state index in [1.165, 1.54) is 31.6 Å². The number of thioether (sulfide) groups is 1. The molecule has 2 amide bonds. The molecular weight excluding hydrogens is 495 g/mol. The van der Waals surface area contributed by atoms with Crippen molar-refractivity contribution < 1.29 is 18.7 Å². The molecular formula is C21H12Cl2N2O5S2. The largest absolute Gasteiger partial charge is 0.497 e. The fourth-order valence-corrected chi connectivity index (χ4v) is 4.60. The highest BCUT2D eigenvalue weighted by Gasteiger charge is 2.34. The van der Waals surface area contributed by atoms with E-state index in [1.54, 1.807) is 24.3 Å². The van der Waals surface area contributed by atoms with Gasteiger partial charge in [0.15, 0.2) is 15.3 Å². The zero-order valence-electron chi connectivity index (χ0n) is 16.2. The van der Waals surface area contributed by atoms with Gasteiger partial charge in [0.25, 0.3) is 11.8 Å². The first-order valence-corrected chi connectivity index (χ1v) is 10.9. The van der Waals surface area contributed by atoms with Crippen LogP contribution in [0.3, 0.4) is 0 Å². The number of rotatable bonds is 4. The van der Waals surface area contributed by atoms with E-state index in [2.05, 4.69) is 5.43 Å². The SMILES string of the molecule is COc1ccc(C(=O)NN2C(=O)/C(=C/c3coc4c(Cl)cc(Cl)cc4c3=O)SC2=S)cc1. The summed E-state index contributed by atoms with van der Waals surface area (Å²) in [5.74, 6) is -0.517. The molecule has 3 aromatic rings. The minimum absolute atomic E-state index is 0.109. The van der Waals surface area contributed by atoms with E-state index in [9.17, 15) is 14.4 Å². The van der Waals surface area contributed by atoms with Crippen molar-refractivity contribution in [3.8, 4) is 5.75 Å². The molecule has 2 aromatic carbocycles. The van der Waals surface area contributed by atoms with Crippen molar-refractivity contribution in [1.82, 2.24) is 10.4 Å². The minimum Gasteiger partial charge on any atom is -0.497 e. The number of carbonyl (C=O) groups excluding carboxylic acids is 2. The highest BCUT2D eigenvalue weighted by Crippen LogP contribution is 2.32. The van der Waals surface area contributed by atoms with Crippen LogP contribution < -0.4 is 15.6 Å². The van der Waals surface area contributed by atoms with E-state index in [1.807, 2.05) is 0 Å². The third kappa shape index (κ3) is 4.24. The molecule has 11 heteroatoms. The van der Waals surface area contributed by atoms with Crippen LogP contribution in [0.25, 0.3) is 17.0 Å². The van der Waals surface area contributed by atoms with Crippen LogP contribution in [0.1, 0.15) is 15.9 Å². The van der Waals surface area contributed by atoms with Gasteiger partial charge in [-0.3, -0.25) is 19.8 Å². The van der Waals surface area contributed by atoms with Gasteiger partial charge in [-0.15, -0.1) is 0 Å². The molecule has 0 atom stereocenters. The summed E-state index contributed by atoms with van der Waals surface area (Å²) in [6.45, 7) is 0. The number of nitrogens with zero attached hydrogens (tertiary/aromatic N) is 1. The van der Waals surface area contributed by atoms with Gasteiger partial charge < -0.3 is 9.15 Å². The number of fused-ring (bicyclic) bond motifs is 1. The van der Waals surface area contributed by atoms with Crippen LogP contribution in [0.4, 0.5) is 0 Å². The van der Waals surface area contributed by atoms with E-state index in [4.69, 9.17) is 44.6 Å². The fourth-order valence-electron chi connectivity index (χ4n) is 2.89. The summed E-state index contributed by atoms with van der Waals surface area (Å²) in [5, 5.41) is 1.61. The molecule has 0 bridgehead atoms. The molecule has 1 aliphatic heterocycles. The number of halogens is 2. The van der Waals surface area contributed by atoms with Crippen molar-refractivity contribution in [3.63, 3.8) is 0 Å². The van der Waals surface area contributed by atoms with Crippen LogP contribution in [-0.4, -0.2) is 28.3 Å². The molecule has 0 spiro atoms. The number of benzene rings is 2. The lowest BCUT2D eigenvalue weighted by Crippen LogP contribution is -2.44. The lowest BCUT2D eigenvalue weighted by atomic mass is 10.1. The van der Waals surface area contributed by atoms with Gasteiger partial charge in [0.1, 0.15) is 12.0 Å². The average Bonchev–Trinajstić information content (AvgIpc) is 3.03. The highest BCUT2D eigenvalue weighted by molar-refractivity contribution is 8.26.